The van der Waals surface area contributed by atoms with Gasteiger partial charge in [-0.2, -0.15) is 0 Å². The molecule has 1 atom stereocenters. The van der Waals surface area contributed by atoms with E-state index in [1.807, 2.05) is 19.1 Å². The number of nitrogens with zero attached hydrogens (tertiary/aromatic N) is 1. The molecule has 0 amide bonds. The topological polar surface area (TPSA) is 49.8 Å². The summed E-state index contributed by atoms with van der Waals surface area (Å²) in [5.41, 5.74) is 4.86. The average molecular weight is 353 g/mol. The number of carbonyl (C=O) groups excluding carboxylic acids is 1. The Morgan fingerprint density at radius 3 is 2.54 bits per heavy atom. The van der Waals surface area contributed by atoms with Crippen LogP contribution in [0, 0.1) is 0 Å². The van der Waals surface area contributed by atoms with Gasteiger partial charge in [0.1, 0.15) is 17.4 Å². The van der Waals surface area contributed by atoms with Crippen molar-refractivity contribution < 1.29 is 14.6 Å². The summed E-state index contributed by atoms with van der Waals surface area (Å²) in [7, 11) is 0. The number of anilines is 1. The van der Waals surface area contributed by atoms with Gasteiger partial charge >= 0.3 is 5.97 Å². The number of carbonyl (C=O) groups is 1. The van der Waals surface area contributed by atoms with Gasteiger partial charge in [-0.1, -0.05) is 18.2 Å². The van der Waals surface area contributed by atoms with Gasteiger partial charge in [-0.25, -0.2) is 4.79 Å². The van der Waals surface area contributed by atoms with E-state index >= 15 is 0 Å². The third kappa shape index (κ3) is 3.69. The second-order valence-electron chi connectivity index (χ2n) is 6.80. The molecule has 0 saturated carbocycles. The SMILES string of the molecule is CCN(CC)c1ccc(C(=O)OC(C)c2ccc3c(c2)CCC3)c(O)c1. The van der Waals surface area contributed by atoms with Crippen LogP contribution in [0.15, 0.2) is 36.4 Å². The van der Waals surface area contributed by atoms with Gasteiger partial charge in [0.05, 0.1) is 0 Å². The van der Waals surface area contributed by atoms with E-state index in [1.54, 1.807) is 12.1 Å². The molecular weight excluding hydrogens is 326 g/mol. The van der Waals surface area contributed by atoms with Crippen LogP contribution >= 0.6 is 0 Å². The van der Waals surface area contributed by atoms with Gasteiger partial charge in [-0.15, -0.1) is 0 Å². The number of aromatic hydroxyl groups is 1. The number of hydrogen-bond donors (Lipinski definition) is 1. The Bertz CT molecular complexity index is 796. The molecule has 1 N–H and O–H groups in total. The summed E-state index contributed by atoms with van der Waals surface area (Å²) in [4.78, 5) is 14.6. The van der Waals surface area contributed by atoms with Crippen molar-refractivity contribution >= 4 is 11.7 Å². The molecule has 0 aliphatic heterocycles. The van der Waals surface area contributed by atoms with Crippen molar-refractivity contribution in [1.82, 2.24) is 0 Å². The molecule has 26 heavy (non-hydrogen) atoms. The number of benzene rings is 2. The van der Waals surface area contributed by atoms with Crippen molar-refractivity contribution in [3.63, 3.8) is 0 Å². The minimum atomic E-state index is -0.499. The molecule has 3 rings (SSSR count). The molecule has 0 bridgehead atoms. The minimum Gasteiger partial charge on any atom is -0.507 e. The summed E-state index contributed by atoms with van der Waals surface area (Å²) in [6.07, 6.45) is 3.07. The Hall–Kier alpha value is -2.49. The molecule has 138 valence electrons. The largest absolute Gasteiger partial charge is 0.507 e. The van der Waals surface area contributed by atoms with Crippen LogP contribution in [0.5, 0.6) is 5.75 Å². The summed E-state index contributed by atoms with van der Waals surface area (Å²) in [6, 6.07) is 11.4. The monoisotopic (exact) mass is 353 g/mol. The lowest BCUT2D eigenvalue weighted by Crippen LogP contribution is -2.21. The molecular formula is C22H27NO3. The van der Waals surface area contributed by atoms with Gasteiger partial charge < -0.3 is 14.7 Å². The third-order valence-electron chi connectivity index (χ3n) is 5.21. The number of ether oxygens (including phenoxy) is 1. The highest BCUT2D eigenvalue weighted by atomic mass is 16.5. The van der Waals surface area contributed by atoms with Crippen molar-refractivity contribution in [2.24, 2.45) is 0 Å². The summed E-state index contributed by atoms with van der Waals surface area (Å²) < 4.78 is 5.60. The fraction of sp³-hybridized carbons (Fsp3) is 0.409. The Morgan fingerprint density at radius 2 is 1.85 bits per heavy atom. The van der Waals surface area contributed by atoms with Gasteiger partial charge in [-0.05, 0) is 68.9 Å². The van der Waals surface area contributed by atoms with Gasteiger partial charge in [0.15, 0.2) is 0 Å². The summed E-state index contributed by atoms with van der Waals surface area (Å²) >= 11 is 0. The lowest BCUT2D eigenvalue weighted by atomic mass is 10.0. The summed E-state index contributed by atoms with van der Waals surface area (Å²) in [5, 5.41) is 10.3. The van der Waals surface area contributed by atoms with Crippen molar-refractivity contribution in [1.29, 1.82) is 0 Å². The average Bonchev–Trinajstić information content (AvgIpc) is 3.10. The van der Waals surface area contributed by atoms with E-state index in [0.29, 0.717) is 0 Å². The Labute approximate surface area is 155 Å². The first-order valence-electron chi connectivity index (χ1n) is 9.44. The second kappa shape index (κ2) is 7.81. The zero-order chi connectivity index (χ0) is 18.7. The molecule has 2 aromatic rings. The van der Waals surface area contributed by atoms with E-state index in [2.05, 4.69) is 30.9 Å². The Balaban J connectivity index is 1.73. The molecule has 4 nitrogen and oxygen atoms in total. The highest BCUT2D eigenvalue weighted by Crippen LogP contribution is 2.29. The van der Waals surface area contributed by atoms with Crippen LogP contribution in [0.25, 0.3) is 0 Å². The number of esters is 1. The fourth-order valence-corrected chi connectivity index (χ4v) is 3.61. The van der Waals surface area contributed by atoms with Crippen molar-refractivity contribution in [3.05, 3.63) is 58.7 Å². The Kier molecular flexibility index (Phi) is 5.50. The van der Waals surface area contributed by atoms with Crippen LogP contribution < -0.4 is 4.90 Å². The molecule has 0 radical (unpaired) electrons. The van der Waals surface area contributed by atoms with E-state index in [9.17, 15) is 9.90 Å². The molecule has 1 aliphatic carbocycles. The lowest BCUT2D eigenvalue weighted by molar-refractivity contribution is 0.0334. The summed E-state index contributed by atoms with van der Waals surface area (Å²) in [6.45, 7) is 7.67. The summed E-state index contributed by atoms with van der Waals surface area (Å²) in [5.74, 6) is -0.540. The van der Waals surface area contributed by atoms with E-state index in [4.69, 9.17) is 4.74 Å². The van der Waals surface area contributed by atoms with Crippen LogP contribution in [0.2, 0.25) is 0 Å². The van der Waals surface area contributed by atoms with Crippen molar-refractivity contribution in [3.8, 4) is 5.75 Å². The molecule has 0 spiro atoms. The van der Waals surface area contributed by atoms with Gasteiger partial charge in [-0.3, -0.25) is 0 Å². The first-order chi connectivity index (χ1) is 12.5. The maximum absolute atomic E-state index is 12.5. The number of phenolic OH excluding ortho intramolecular Hbond substituents is 1. The lowest BCUT2D eigenvalue weighted by Gasteiger charge is -2.21. The van der Waals surface area contributed by atoms with E-state index in [-0.39, 0.29) is 17.4 Å². The van der Waals surface area contributed by atoms with Gasteiger partial charge in [0.25, 0.3) is 0 Å². The van der Waals surface area contributed by atoms with E-state index in [0.717, 1.165) is 37.2 Å². The first kappa shape index (κ1) is 18.3. The predicted molar refractivity (Wildman–Crippen MR) is 104 cm³/mol. The van der Waals surface area contributed by atoms with E-state index in [1.165, 1.54) is 17.5 Å². The Morgan fingerprint density at radius 1 is 1.12 bits per heavy atom. The molecule has 1 aliphatic rings. The number of hydrogen-bond acceptors (Lipinski definition) is 4. The highest BCUT2D eigenvalue weighted by molar-refractivity contribution is 5.93. The van der Waals surface area contributed by atoms with Crippen LogP contribution in [-0.2, 0) is 17.6 Å². The van der Waals surface area contributed by atoms with Crippen LogP contribution in [-0.4, -0.2) is 24.2 Å². The fourth-order valence-electron chi connectivity index (χ4n) is 3.61. The smallest absolute Gasteiger partial charge is 0.342 e. The third-order valence-corrected chi connectivity index (χ3v) is 5.21. The first-order valence-corrected chi connectivity index (χ1v) is 9.44. The van der Waals surface area contributed by atoms with Gasteiger partial charge in [0.2, 0.25) is 0 Å². The molecule has 0 aromatic heterocycles. The minimum absolute atomic E-state index is 0.0412. The molecule has 0 saturated heterocycles. The molecule has 2 aromatic carbocycles. The quantitative estimate of drug-likeness (QED) is 0.768. The zero-order valence-electron chi connectivity index (χ0n) is 15.8. The van der Waals surface area contributed by atoms with E-state index < -0.39 is 5.97 Å². The highest BCUT2D eigenvalue weighted by Gasteiger charge is 2.19. The molecule has 0 fully saturated rings. The van der Waals surface area contributed by atoms with Crippen LogP contribution in [0.4, 0.5) is 5.69 Å². The predicted octanol–water partition coefficient (Wildman–Crippen LogP) is 4.65. The number of rotatable bonds is 6. The molecule has 0 heterocycles. The second-order valence-corrected chi connectivity index (χ2v) is 6.80. The number of fused-ring (bicyclic) bond motifs is 1. The maximum Gasteiger partial charge on any atom is 0.342 e. The van der Waals surface area contributed by atoms with Crippen molar-refractivity contribution in [2.45, 2.75) is 46.1 Å². The number of phenols is 1. The van der Waals surface area contributed by atoms with Gasteiger partial charge in [0, 0.05) is 24.8 Å². The standard InChI is InChI=1S/C22H27NO3/c1-4-23(5-2)19-11-12-20(21(24)14-19)22(25)26-15(3)17-10-9-16-7-6-8-18(16)13-17/h9-15,24H,4-8H2,1-3H3. The van der Waals surface area contributed by atoms with Crippen LogP contribution in [0.1, 0.15) is 60.3 Å². The molecule has 4 heteroatoms. The van der Waals surface area contributed by atoms with Crippen molar-refractivity contribution in [2.75, 3.05) is 18.0 Å². The van der Waals surface area contributed by atoms with Crippen LogP contribution in [0.3, 0.4) is 0 Å². The molecule has 1 unspecified atom stereocenters. The number of aryl methyl sites for hydroxylation is 2. The zero-order valence-corrected chi connectivity index (χ0v) is 15.8. The normalized spacial score (nSPS) is 14.0. The maximum atomic E-state index is 12.5.